The van der Waals surface area contributed by atoms with Gasteiger partial charge in [0.25, 0.3) is 5.91 Å². The highest BCUT2D eigenvalue weighted by atomic mass is 32.1. The first-order valence-corrected chi connectivity index (χ1v) is 10.6. The summed E-state index contributed by atoms with van der Waals surface area (Å²) in [5, 5.41) is 18.4. The van der Waals surface area contributed by atoms with E-state index in [-0.39, 0.29) is 17.7 Å². The van der Waals surface area contributed by atoms with Gasteiger partial charge in [-0.25, -0.2) is 0 Å². The van der Waals surface area contributed by atoms with Crippen molar-refractivity contribution >= 4 is 17.2 Å². The van der Waals surface area contributed by atoms with Crippen molar-refractivity contribution in [1.29, 1.82) is 0 Å². The van der Waals surface area contributed by atoms with Gasteiger partial charge in [0.1, 0.15) is 0 Å². The standard InChI is InChI=1S/C22H23N3O2S/c1-14-19(9-20(28-14)15-10-23-24-11-15)21(26)25-12-17-7-8-18(13-25)22(17,27)16-5-3-2-4-6-16/h2-6,9-11,17-18,27H,7-8,12-13H2,1H3,(H,23,24). The number of aliphatic hydroxyl groups is 1. The fraction of sp³-hybridized carbons (Fsp3) is 0.364. The van der Waals surface area contributed by atoms with E-state index in [1.165, 1.54) is 0 Å². The van der Waals surface area contributed by atoms with Crippen LogP contribution in [-0.4, -0.2) is 39.2 Å². The van der Waals surface area contributed by atoms with Gasteiger partial charge in [0.05, 0.1) is 17.4 Å². The molecule has 2 aliphatic rings. The Kier molecular flexibility index (Phi) is 4.14. The van der Waals surface area contributed by atoms with Crippen molar-refractivity contribution in [3.63, 3.8) is 0 Å². The van der Waals surface area contributed by atoms with Crippen molar-refractivity contribution in [3.8, 4) is 10.4 Å². The normalized spacial score (nSPS) is 26.6. The Hall–Kier alpha value is -2.44. The Balaban J connectivity index is 1.41. The number of fused-ring (bicyclic) bond motifs is 2. The van der Waals surface area contributed by atoms with E-state index < -0.39 is 5.60 Å². The van der Waals surface area contributed by atoms with Crippen LogP contribution in [0.1, 0.15) is 33.6 Å². The number of nitrogens with zero attached hydrogens (tertiary/aromatic N) is 2. The second-order valence-electron chi connectivity index (χ2n) is 7.94. The van der Waals surface area contributed by atoms with Gasteiger partial charge in [0.15, 0.2) is 0 Å². The van der Waals surface area contributed by atoms with E-state index in [4.69, 9.17) is 0 Å². The molecule has 2 bridgehead atoms. The van der Waals surface area contributed by atoms with Crippen LogP contribution in [-0.2, 0) is 5.60 Å². The zero-order chi connectivity index (χ0) is 19.3. The topological polar surface area (TPSA) is 69.2 Å². The molecule has 0 spiro atoms. The molecular formula is C22H23N3O2S. The van der Waals surface area contributed by atoms with E-state index in [0.29, 0.717) is 13.1 Å². The molecule has 1 saturated heterocycles. The second kappa shape index (κ2) is 6.57. The minimum absolute atomic E-state index is 0.0792. The highest BCUT2D eigenvalue weighted by molar-refractivity contribution is 7.15. The summed E-state index contributed by atoms with van der Waals surface area (Å²) in [4.78, 5) is 17.3. The van der Waals surface area contributed by atoms with E-state index in [0.717, 1.165) is 39.3 Å². The number of benzene rings is 1. The third-order valence-corrected chi connectivity index (χ3v) is 7.54. The summed E-state index contributed by atoms with van der Waals surface area (Å²) in [6.45, 7) is 3.22. The molecular weight excluding hydrogens is 370 g/mol. The van der Waals surface area contributed by atoms with Crippen LogP contribution in [0.5, 0.6) is 0 Å². The number of carbonyl (C=O) groups excluding carboxylic acids is 1. The minimum atomic E-state index is -0.816. The van der Waals surface area contributed by atoms with Gasteiger partial charge in [-0.2, -0.15) is 5.10 Å². The van der Waals surface area contributed by atoms with E-state index in [9.17, 15) is 9.90 Å². The van der Waals surface area contributed by atoms with Crippen LogP contribution in [0.3, 0.4) is 0 Å². The van der Waals surface area contributed by atoms with Gasteiger partial charge in [-0.3, -0.25) is 9.89 Å². The molecule has 5 nitrogen and oxygen atoms in total. The number of rotatable bonds is 3. The molecule has 3 heterocycles. The summed E-state index contributed by atoms with van der Waals surface area (Å²) >= 11 is 1.62. The number of hydrogen-bond acceptors (Lipinski definition) is 4. The molecule has 28 heavy (non-hydrogen) atoms. The average molecular weight is 394 g/mol. The van der Waals surface area contributed by atoms with Crippen molar-refractivity contribution in [3.05, 3.63) is 64.8 Å². The molecule has 2 aromatic heterocycles. The number of aromatic amines is 1. The van der Waals surface area contributed by atoms with E-state index >= 15 is 0 Å². The van der Waals surface area contributed by atoms with Gasteiger partial charge in [0.2, 0.25) is 0 Å². The average Bonchev–Trinajstić information content (AvgIpc) is 3.39. The predicted octanol–water partition coefficient (Wildman–Crippen LogP) is 3.82. The van der Waals surface area contributed by atoms with Crippen LogP contribution in [0.4, 0.5) is 0 Å². The summed E-state index contributed by atoms with van der Waals surface area (Å²) in [5.41, 5.74) is 1.95. The largest absolute Gasteiger partial charge is 0.384 e. The molecule has 3 aromatic rings. The van der Waals surface area contributed by atoms with E-state index in [2.05, 4.69) is 10.2 Å². The van der Waals surface area contributed by atoms with Crippen LogP contribution in [0.25, 0.3) is 10.4 Å². The van der Waals surface area contributed by atoms with Crippen LogP contribution < -0.4 is 0 Å². The summed E-state index contributed by atoms with van der Waals surface area (Å²) in [5.74, 6) is 0.255. The molecule has 2 unspecified atom stereocenters. The van der Waals surface area contributed by atoms with Crippen molar-refractivity contribution in [2.24, 2.45) is 11.8 Å². The summed E-state index contributed by atoms with van der Waals surface area (Å²) in [6.07, 6.45) is 5.55. The fourth-order valence-electron chi connectivity index (χ4n) is 4.98. The first-order chi connectivity index (χ1) is 13.6. The molecule has 1 aliphatic heterocycles. The van der Waals surface area contributed by atoms with Crippen molar-refractivity contribution in [2.75, 3.05) is 13.1 Å². The maximum Gasteiger partial charge on any atom is 0.255 e. The number of amides is 1. The minimum Gasteiger partial charge on any atom is -0.384 e. The summed E-state index contributed by atoms with van der Waals surface area (Å²) in [6, 6.07) is 12.0. The van der Waals surface area contributed by atoms with Gasteiger partial charge in [-0.15, -0.1) is 11.3 Å². The van der Waals surface area contributed by atoms with Crippen LogP contribution >= 0.6 is 11.3 Å². The Morgan fingerprint density at radius 3 is 2.61 bits per heavy atom. The zero-order valence-corrected chi connectivity index (χ0v) is 16.6. The lowest BCUT2D eigenvalue weighted by Crippen LogP contribution is -2.53. The number of hydrogen-bond donors (Lipinski definition) is 2. The number of thiophene rings is 1. The lowest BCUT2D eigenvalue weighted by atomic mass is 9.75. The zero-order valence-electron chi connectivity index (χ0n) is 15.8. The molecule has 1 saturated carbocycles. The third kappa shape index (κ3) is 2.63. The van der Waals surface area contributed by atoms with Gasteiger partial charge in [0, 0.05) is 46.4 Å². The maximum atomic E-state index is 13.3. The molecule has 2 atom stereocenters. The molecule has 1 aromatic carbocycles. The number of piperidine rings is 1. The predicted molar refractivity (Wildman–Crippen MR) is 109 cm³/mol. The molecule has 1 amide bonds. The van der Waals surface area contributed by atoms with Gasteiger partial charge >= 0.3 is 0 Å². The van der Waals surface area contributed by atoms with Crippen molar-refractivity contribution in [1.82, 2.24) is 15.1 Å². The number of aromatic nitrogens is 2. The molecule has 2 fully saturated rings. The van der Waals surface area contributed by atoms with Crippen LogP contribution in [0.15, 0.2) is 48.8 Å². The summed E-state index contributed by atoms with van der Waals surface area (Å²) in [7, 11) is 0. The van der Waals surface area contributed by atoms with Gasteiger partial charge in [-0.1, -0.05) is 30.3 Å². The third-order valence-electron chi connectivity index (χ3n) is 6.44. The van der Waals surface area contributed by atoms with Crippen molar-refractivity contribution in [2.45, 2.75) is 25.4 Å². The van der Waals surface area contributed by atoms with Crippen LogP contribution in [0.2, 0.25) is 0 Å². The highest BCUT2D eigenvalue weighted by Crippen LogP contribution is 2.51. The fourth-order valence-corrected chi connectivity index (χ4v) is 5.97. The number of nitrogens with one attached hydrogen (secondary N) is 1. The van der Waals surface area contributed by atoms with E-state index in [1.54, 1.807) is 17.5 Å². The Morgan fingerprint density at radius 2 is 1.96 bits per heavy atom. The van der Waals surface area contributed by atoms with Crippen LogP contribution in [0, 0.1) is 18.8 Å². The molecule has 0 radical (unpaired) electrons. The molecule has 2 N–H and O–H groups in total. The summed E-state index contributed by atoms with van der Waals surface area (Å²) < 4.78 is 0. The monoisotopic (exact) mass is 393 g/mol. The van der Waals surface area contributed by atoms with E-state index in [1.807, 2.05) is 54.4 Å². The lowest BCUT2D eigenvalue weighted by molar-refractivity contribution is -0.0823. The Morgan fingerprint density at radius 1 is 1.25 bits per heavy atom. The molecule has 1 aliphatic carbocycles. The molecule has 6 heteroatoms. The number of aryl methyl sites for hydroxylation is 1. The van der Waals surface area contributed by atoms with Gasteiger partial charge in [-0.05, 0) is 31.4 Å². The van der Waals surface area contributed by atoms with Gasteiger partial charge < -0.3 is 10.0 Å². The highest BCUT2D eigenvalue weighted by Gasteiger charge is 2.54. The second-order valence-corrected chi connectivity index (χ2v) is 9.20. The lowest BCUT2D eigenvalue weighted by Gasteiger charge is -2.44. The number of likely N-dealkylation sites (tertiary alicyclic amines) is 1. The first-order valence-electron chi connectivity index (χ1n) is 9.74. The number of H-pyrrole nitrogens is 1. The SMILES string of the molecule is Cc1sc(-c2cn[nH]c2)cc1C(=O)N1CC2CCC(C1)C2(O)c1ccccc1. The smallest absolute Gasteiger partial charge is 0.255 e. The molecule has 5 rings (SSSR count). The van der Waals surface area contributed by atoms with Crippen molar-refractivity contribution < 1.29 is 9.90 Å². The maximum absolute atomic E-state index is 13.3. The first kappa shape index (κ1) is 17.6. The quantitative estimate of drug-likeness (QED) is 0.711. The Bertz CT molecular complexity index is 982. The Labute approximate surface area is 168 Å². The number of carbonyl (C=O) groups is 1. The molecule has 144 valence electrons.